The molecule has 1 atom stereocenters. The monoisotopic (exact) mass is 303 g/mol. The van der Waals surface area contributed by atoms with Crippen LogP contribution in [-0.2, 0) is 19.2 Å². The van der Waals surface area contributed by atoms with Crippen LogP contribution in [-0.4, -0.2) is 42.7 Å². The second-order valence-electron chi connectivity index (χ2n) is 6.63. The molecule has 0 saturated carbocycles. The molecule has 1 aliphatic rings. The molecule has 0 bridgehead atoms. The SMILES string of the molecule is CC(C)n1cc([C@@]2(O)CCCN(Cc3cccn3C)C2)nn1. The highest BCUT2D eigenvalue weighted by molar-refractivity contribution is 5.11. The molecule has 3 heterocycles. The van der Waals surface area contributed by atoms with E-state index in [1.165, 1.54) is 5.69 Å². The van der Waals surface area contributed by atoms with Gasteiger partial charge in [-0.1, -0.05) is 5.21 Å². The third-order valence-corrected chi connectivity index (χ3v) is 4.50. The van der Waals surface area contributed by atoms with E-state index in [1.807, 2.05) is 10.9 Å². The number of aromatic nitrogens is 4. The Bertz CT molecular complexity index is 632. The summed E-state index contributed by atoms with van der Waals surface area (Å²) in [6, 6.07) is 4.44. The van der Waals surface area contributed by atoms with Crippen molar-refractivity contribution in [2.24, 2.45) is 7.05 Å². The molecule has 0 aromatic carbocycles. The molecule has 0 unspecified atom stereocenters. The van der Waals surface area contributed by atoms with Crippen molar-refractivity contribution in [3.05, 3.63) is 35.9 Å². The number of hydrogen-bond acceptors (Lipinski definition) is 4. The number of aryl methyl sites for hydroxylation is 1. The zero-order valence-electron chi connectivity index (χ0n) is 13.6. The number of hydrogen-bond donors (Lipinski definition) is 1. The molecule has 2 aromatic heterocycles. The van der Waals surface area contributed by atoms with Gasteiger partial charge in [-0.3, -0.25) is 4.90 Å². The van der Waals surface area contributed by atoms with Crippen molar-refractivity contribution in [1.82, 2.24) is 24.5 Å². The lowest BCUT2D eigenvalue weighted by molar-refractivity contribution is -0.0419. The van der Waals surface area contributed by atoms with Crippen LogP contribution in [0, 0.1) is 0 Å². The van der Waals surface area contributed by atoms with Crippen molar-refractivity contribution in [2.45, 2.75) is 44.9 Å². The summed E-state index contributed by atoms with van der Waals surface area (Å²) >= 11 is 0. The summed E-state index contributed by atoms with van der Waals surface area (Å²) in [4.78, 5) is 2.30. The maximum Gasteiger partial charge on any atom is 0.123 e. The number of piperidine rings is 1. The first-order valence-corrected chi connectivity index (χ1v) is 7.95. The average Bonchev–Trinajstić information content (AvgIpc) is 3.09. The van der Waals surface area contributed by atoms with E-state index in [2.05, 4.69) is 59.0 Å². The predicted molar refractivity (Wildman–Crippen MR) is 84.2 cm³/mol. The van der Waals surface area contributed by atoms with Gasteiger partial charge in [-0.15, -0.1) is 5.10 Å². The highest BCUT2D eigenvalue weighted by atomic mass is 16.3. The summed E-state index contributed by atoms with van der Waals surface area (Å²) in [5.74, 6) is 0. The number of rotatable bonds is 4. The molecule has 1 N–H and O–H groups in total. The molecule has 1 aliphatic heterocycles. The minimum atomic E-state index is -0.892. The summed E-state index contributed by atoms with van der Waals surface area (Å²) in [5.41, 5.74) is 1.06. The first kappa shape index (κ1) is 15.2. The van der Waals surface area contributed by atoms with E-state index in [9.17, 15) is 5.11 Å². The fourth-order valence-electron chi connectivity index (χ4n) is 3.10. The first-order chi connectivity index (χ1) is 10.5. The molecular weight excluding hydrogens is 278 g/mol. The largest absolute Gasteiger partial charge is 0.382 e. The summed E-state index contributed by atoms with van der Waals surface area (Å²) < 4.78 is 3.94. The number of nitrogens with zero attached hydrogens (tertiary/aromatic N) is 5. The van der Waals surface area contributed by atoms with E-state index in [-0.39, 0.29) is 6.04 Å². The maximum absolute atomic E-state index is 11.0. The quantitative estimate of drug-likeness (QED) is 0.933. The highest BCUT2D eigenvalue weighted by Gasteiger charge is 2.37. The van der Waals surface area contributed by atoms with Gasteiger partial charge < -0.3 is 9.67 Å². The van der Waals surface area contributed by atoms with Gasteiger partial charge in [0.1, 0.15) is 11.3 Å². The summed E-state index contributed by atoms with van der Waals surface area (Å²) in [6.07, 6.45) is 5.65. The molecule has 6 nitrogen and oxygen atoms in total. The van der Waals surface area contributed by atoms with Crippen molar-refractivity contribution in [2.75, 3.05) is 13.1 Å². The van der Waals surface area contributed by atoms with Gasteiger partial charge in [0.25, 0.3) is 0 Å². The van der Waals surface area contributed by atoms with Crippen LogP contribution in [0.2, 0.25) is 0 Å². The first-order valence-electron chi connectivity index (χ1n) is 7.95. The summed E-state index contributed by atoms with van der Waals surface area (Å²) in [6.45, 7) is 6.58. The summed E-state index contributed by atoms with van der Waals surface area (Å²) in [5, 5.41) is 19.4. The van der Waals surface area contributed by atoms with Gasteiger partial charge in [-0.25, -0.2) is 4.68 Å². The van der Waals surface area contributed by atoms with Crippen LogP contribution in [0.1, 0.15) is 44.1 Å². The lowest BCUT2D eigenvalue weighted by atomic mass is 9.90. The lowest BCUT2D eigenvalue weighted by Gasteiger charge is -2.38. The molecule has 3 rings (SSSR count). The van der Waals surface area contributed by atoms with E-state index in [1.54, 1.807) is 0 Å². The zero-order valence-corrected chi connectivity index (χ0v) is 13.6. The van der Waals surface area contributed by atoms with Crippen LogP contribution in [0.3, 0.4) is 0 Å². The number of aliphatic hydroxyl groups is 1. The van der Waals surface area contributed by atoms with Gasteiger partial charge in [0.2, 0.25) is 0 Å². The minimum absolute atomic E-state index is 0.257. The molecule has 120 valence electrons. The van der Waals surface area contributed by atoms with Crippen molar-refractivity contribution >= 4 is 0 Å². The molecule has 0 aliphatic carbocycles. The second-order valence-corrected chi connectivity index (χ2v) is 6.63. The third-order valence-electron chi connectivity index (χ3n) is 4.50. The Morgan fingerprint density at radius 1 is 1.41 bits per heavy atom. The molecule has 6 heteroatoms. The molecule has 0 spiro atoms. The fourth-order valence-corrected chi connectivity index (χ4v) is 3.10. The van der Waals surface area contributed by atoms with Crippen molar-refractivity contribution in [3.8, 4) is 0 Å². The fraction of sp³-hybridized carbons (Fsp3) is 0.625. The number of likely N-dealkylation sites (tertiary alicyclic amines) is 1. The molecule has 0 radical (unpaired) electrons. The van der Waals surface area contributed by atoms with Crippen molar-refractivity contribution < 1.29 is 5.11 Å². The van der Waals surface area contributed by atoms with E-state index in [0.29, 0.717) is 12.2 Å². The van der Waals surface area contributed by atoms with Crippen LogP contribution < -0.4 is 0 Å². The average molecular weight is 303 g/mol. The van der Waals surface area contributed by atoms with Gasteiger partial charge in [0, 0.05) is 38.1 Å². The van der Waals surface area contributed by atoms with Crippen LogP contribution >= 0.6 is 0 Å². The van der Waals surface area contributed by atoms with Gasteiger partial charge in [0.05, 0.1) is 6.20 Å². The molecule has 2 aromatic rings. The molecular formula is C16H25N5O. The van der Waals surface area contributed by atoms with E-state index >= 15 is 0 Å². The standard InChI is InChI=1S/C16H25N5O/c1-13(2)21-11-15(17-18-21)16(22)7-5-9-20(12-16)10-14-6-4-8-19(14)3/h4,6,8,11,13,22H,5,7,9-10,12H2,1-3H3/t16-/m1/s1. The minimum Gasteiger partial charge on any atom is -0.382 e. The molecule has 1 saturated heterocycles. The van der Waals surface area contributed by atoms with Crippen LogP contribution in [0.4, 0.5) is 0 Å². The predicted octanol–water partition coefficient (Wildman–Crippen LogP) is 1.68. The Morgan fingerprint density at radius 2 is 2.23 bits per heavy atom. The van der Waals surface area contributed by atoms with Gasteiger partial charge >= 0.3 is 0 Å². The smallest absolute Gasteiger partial charge is 0.123 e. The van der Waals surface area contributed by atoms with Gasteiger partial charge in [0.15, 0.2) is 0 Å². The Balaban J connectivity index is 1.74. The van der Waals surface area contributed by atoms with Crippen LogP contribution in [0.15, 0.2) is 24.5 Å². The normalized spacial score (nSPS) is 23.3. The van der Waals surface area contributed by atoms with Crippen LogP contribution in [0.5, 0.6) is 0 Å². The van der Waals surface area contributed by atoms with E-state index < -0.39 is 5.60 Å². The zero-order chi connectivity index (χ0) is 15.7. The maximum atomic E-state index is 11.0. The third kappa shape index (κ3) is 2.94. The van der Waals surface area contributed by atoms with Gasteiger partial charge in [-0.05, 0) is 45.4 Å². The molecule has 22 heavy (non-hydrogen) atoms. The van der Waals surface area contributed by atoms with E-state index in [0.717, 1.165) is 25.9 Å². The molecule has 1 fully saturated rings. The summed E-state index contributed by atoms with van der Waals surface area (Å²) in [7, 11) is 2.06. The Hall–Kier alpha value is -1.66. The van der Waals surface area contributed by atoms with Crippen molar-refractivity contribution in [1.29, 1.82) is 0 Å². The van der Waals surface area contributed by atoms with Crippen molar-refractivity contribution in [3.63, 3.8) is 0 Å². The number of β-amino-alcohol motifs (C(OH)–C–C–N with tert-alkyl or cyclic N) is 1. The van der Waals surface area contributed by atoms with Gasteiger partial charge in [-0.2, -0.15) is 0 Å². The lowest BCUT2D eigenvalue weighted by Crippen LogP contribution is -2.46. The molecule has 0 amide bonds. The van der Waals surface area contributed by atoms with E-state index in [4.69, 9.17) is 0 Å². The Morgan fingerprint density at radius 3 is 2.86 bits per heavy atom. The Kier molecular flexibility index (Phi) is 4.06. The van der Waals surface area contributed by atoms with Crippen LogP contribution in [0.25, 0.3) is 0 Å². The highest BCUT2D eigenvalue weighted by Crippen LogP contribution is 2.31. The topological polar surface area (TPSA) is 59.1 Å². The second kappa shape index (κ2) is 5.85. The Labute approximate surface area is 131 Å².